The lowest BCUT2D eigenvalue weighted by atomic mass is 9.99. The Kier molecular flexibility index (Phi) is 5.01. The van der Waals surface area contributed by atoms with Crippen molar-refractivity contribution in [3.8, 4) is 0 Å². The second-order valence-electron chi connectivity index (χ2n) is 4.83. The number of halogens is 3. The molecule has 0 unspecified atom stereocenters. The summed E-state index contributed by atoms with van der Waals surface area (Å²) < 4.78 is 48.0. The molecule has 9 heteroatoms. The SMILES string of the molecule is CCOC(=O)[C@H]1C=C(NC(=O)OC)c2cc(C(F)(F)F)ccc2N1. The van der Waals surface area contributed by atoms with Gasteiger partial charge in [0.25, 0.3) is 0 Å². The lowest BCUT2D eigenvalue weighted by molar-refractivity contribution is -0.143. The molecule has 130 valence electrons. The number of benzene rings is 1. The summed E-state index contributed by atoms with van der Waals surface area (Å²) in [5.41, 5.74) is -0.499. The molecule has 1 aromatic carbocycles. The topological polar surface area (TPSA) is 76.7 Å². The smallest absolute Gasteiger partial charge is 0.416 e. The summed E-state index contributed by atoms with van der Waals surface area (Å²) >= 11 is 0. The van der Waals surface area contributed by atoms with Crippen molar-refractivity contribution >= 4 is 23.4 Å². The number of anilines is 1. The van der Waals surface area contributed by atoms with E-state index in [1.807, 2.05) is 0 Å². The van der Waals surface area contributed by atoms with Crippen molar-refractivity contribution in [1.82, 2.24) is 5.32 Å². The second kappa shape index (κ2) is 6.81. The van der Waals surface area contributed by atoms with E-state index < -0.39 is 29.8 Å². The number of amides is 1. The second-order valence-corrected chi connectivity index (χ2v) is 4.83. The van der Waals surface area contributed by atoms with E-state index in [0.29, 0.717) is 0 Å². The summed E-state index contributed by atoms with van der Waals surface area (Å²) in [6.07, 6.45) is -4.13. The number of alkyl halides is 3. The molecule has 0 saturated heterocycles. The Labute approximate surface area is 135 Å². The molecule has 0 fully saturated rings. The van der Waals surface area contributed by atoms with E-state index in [9.17, 15) is 22.8 Å². The van der Waals surface area contributed by atoms with E-state index in [-0.39, 0.29) is 23.6 Å². The molecular weight excluding hydrogens is 329 g/mol. The summed E-state index contributed by atoms with van der Waals surface area (Å²) in [6, 6.07) is 2.01. The molecule has 0 bridgehead atoms. The maximum atomic E-state index is 12.9. The summed E-state index contributed by atoms with van der Waals surface area (Å²) in [5.74, 6) is -0.618. The Morgan fingerprint density at radius 1 is 1.33 bits per heavy atom. The van der Waals surface area contributed by atoms with E-state index in [0.717, 1.165) is 19.2 Å². The van der Waals surface area contributed by atoms with Crippen molar-refractivity contribution in [1.29, 1.82) is 0 Å². The molecular formula is C15H15F3N2O4. The number of alkyl carbamates (subject to hydrolysis) is 1. The zero-order valence-corrected chi connectivity index (χ0v) is 12.9. The molecule has 1 heterocycles. The largest absolute Gasteiger partial charge is 0.464 e. The first-order chi connectivity index (χ1) is 11.3. The number of ether oxygens (including phenoxy) is 2. The first-order valence-electron chi connectivity index (χ1n) is 6.97. The predicted molar refractivity (Wildman–Crippen MR) is 79.0 cm³/mol. The van der Waals surface area contributed by atoms with Gasteiger partial charge >= 0.3 is 18.2 Å². The number of hydrogen-bond donors (Lipinski definition) is 2. The van der Waals surface area contributed by atoms with Gasteiger partial charge in [-0.25, -0.2) is 9.59 Å². The number of methoxy groups -OCH3 is 1. The van der Waals surface area contributed by atoms with Crippen LogP contribution in [0.5, 0.6) is 0 Å². The van der Waals surface area contributed by atoms with Crippen molar-refractivity contribution < 1.29 is 32.2 Å². The van der Waals surface area contributed by atoms with Crippen LogP contribution in [0.1, 0.15) is 18.1 Å². The monoisotopic (exact) mass is 344 g/mol. The van der Waals surface area contributed by atoms with Crippen LogP contribution in [0, 0.1) is 0 Å². The summed E-state index contributed by atoms with van der Waals surface area (Å²) in [7, 11) is 1.12. The van der Waals surface area contributed by atoms with Crippen molar-refractivity contribution in [3.05, 3.63) is 35.4 Å². The molecule has 0 aliphatic carbocycles. The molecule has 0 spiro atoms. The van der Waals surface area contributed by atoms with Gasteiger partial charge in [-0.1, -0.05) is 0 Å². The molecule has 2 N–H and O–H groups in total. The Morgan fingerprint density at radius 3 is 2.62 bits per heavy atom. The molecule has 6 nitrogen and oxygen atoms in total. The van der Waals surface area contributed by atoms with Crippen LogP contribution >= 0.6 is 0 Å². The summed E-state index contributed by atoms with van der Waals surface area (Å²) in [6.45, 7) is 1.77. The number of hydrogen-bond acceptors (Lipinski definition) is 5. The normalized spacial score (nSPS) is 16.4. The van der Waals surface area contributed by atoms with Crippen molar-refractivity contribution in [2.45, 2.75) is 19.1 Å². The third kappa shape index (κ3) is 3.79. The minimum Gasteiger partial charge on any atom is -0.464 e. The summed E-state index contributed by atoms with van der Waals surface area (Å²) in [4.78, 5) is 23.3. The molecule has 1 atom stereocenters. The van der Waals surface area contributed by atoms with Gasteiger partial charge in [0.05, 0.1) is 25.0 Å². The third-order valence-electron chi connectivity index (χ3n) is 3.24. The van der Waals surface area contributed by atoms with Crippen LogP contribution < -0.4 is 10.6 Å². The lowest BCUT2D eigenvalue weighted by Crippen LogP contribution is -2.35. The van der Waals surface area contributed by atoms with Gasteiger partial charge in [-0.05, 0) is 31.2 Å². The number of esters is 1. The molecule has 0 saturated carbocycles. The molecule has 0 radical (unpaired) electrons. The molecule has 1 aromatic rings. The van der Waals surface area contributed by atoms with Gasteiger partial charge in [0.1, 0.15) is 6.04 Å². The maximum Gasteiger partial charge on any atom is 0.416 e. The molecule has 0 aromatic heterocycles. The van der Waals surface area contributed by atoms with Gasteiger partial charge in [0.15, 0.2) is 0 Å². The highest BCUT2D eigenvalue weighted by Gasteiger charge is 2.33. The van der Waals surface area contributed by atoms with Gasteiger partial charge in [0.2, 0.25) is 0 Å². The van der Waals surface area contributed by atoms with E-state index in [1.54, 1.807) is 6.92 Å². The number of carbonyl (C=O) groups excluding carboxylic acids is 2. The molecule has 1 aliphatic heterocycles. The zero-order chi connectivity index (χ0) is 17.9. The Bertz CT molecular complexity index is 686. The van der Waals surface area contributed by atoms with Gasteiger partial charge < -0.3 is 14.8 Å². The number of rotatable bonds is 3. The number of carbonyl (C=O) groups is 2. The van der Waals surface area contributed by atoms with Crippen LogP contribution in [0.3, 0.4) is 0 Å². The van der Waals surface area contributed by atoms with Crippen LogP contribution in [-0.2, 0) is 20.4 Å². The van der Waals surface area contributed by atoms with Crippen LogP contribution in [-0.4, -0.2) is 31.8 Å². The van der Waals surface area contributed by atoms with Crippen LogP contribution in [0.2, 0.25) is 0 Å². The molecule has 1 aliphatic rings. The third-order valence-corrected chi connectivity index (χ3v) is 3.24. The first kappa shape index (κ1) is 17.6. The van der Waals surface area contributed by atoms with Gasteiger partial charge in [-0.15, -0.1) is 0 Å². The van der Waals surface area contributed by atoms with Gasteiger partial charge in [-0.2, -0.15) is 13.2 Å². The number of nitrogens with one attached hydrogen (secondary N) is 2. The summed E-state index contributed by atoms with van der Waals surface area (Å²) in [5, 5.41) is 5.09. The minimum absolute atomic E-state index is 0.0275. The Balaban J connectivity index is 2.45. The fraction of sp³-hybridized carbons (Fsp3) is 0.333. The standard InChI is InChI=1S/C15H15F3N2O4/c1-3-24-13(21)12-7-11(20-14(22)23-2)9-6-8(15(16,17)18)4-5-10(9)19-12/h4-7,12,19H,3H2,1-2H3,(H,20,22)/t12-/m1/s1. The van der Waals surface area contributed by atoms with E-state index in [4.69, 9.17) is 4.74 Å². The number of fused-ring (bicyclic) bond motifs is 1. The first-order valence-corrected chi connectivity index (χ1v) is 6.97. The van der Waals surface area contributed by atoms with E-state index in [2.05, 4.69) is 15.4 Å². The average molecular weight is 344 g/mol. The fourth-order valence-electron chi connectivity index (χ4n) is 2.16. The quantitative estimate of drug-likeness (QED) is 0.825. The van der Waals surface area contributed by atoms with Crippen LogP contribution in [0.4, 0.5) is 23.7 Å². The molecule has 2 rings (SSSR count). The molecule has 1 amide bonds. The zero-order valence-electron chi connectivity index (χ0n) is 12.9. The fourth-order valence-corrected chi connectivity index (χ4v) is 2.16. The highest BCUT2D eigenvalue weighted by atomic mass is 19.4. The molecule has 24 heavy (non-hydrogen) atoms. The van der Waals surface area contributed by atoms with E-state index >= 15 is 0 Å². The van der Waals surface area contributed by atoms with Crippen LogP contribution in [0.15, 0.2) is 24.3 Å². The maximum absolute atomic E-state index is 12.9. The van der Waals surface area contributed by atoms with Crippen LogP contribution in [0.25, 0.3) is 5.70 Å². The van der Waals surface area contributed by atoms with E-state index in [1.165, 1.54) is 12.1 Å². The van der Waals surface area contributed by atoms with Crippen molar-refractivity contribution in [2.75, 3.05) is 19.0 Å². The minimum atomic E-state index is -4.54. The van der Waals surface area contributed by atoms with Gasteiger partial charge in [0, 0.05) is 11.3 Å². The lowest BCUT2D eigenvalue weighted by Gasteiger charge is -2.26. The highest BCUT2D eigenvalue weighted by Crippen LogP contribution is 2.36. The van der Waals surface area contributed by atoms with Gasteiger partial charge in [-0.3, -0.25) is 5.32 Å². The Hall–Kier alpha value is -2.71. The van der Waals surface area contributed by atoms with Crippen molar-refractivity contribution in [2.24, 2.45) is 0 Å². The average Bonchev–Trinajstić information content (AvgIpc) is 2.53. The highest BCUT2D eigenvalue weighted by molar-refractivity contribution is 5.94. The van der Waals surface area contributed by atoms with Crippen molar-refractivity contribution in [3.63, 3.8) is 0 Å². The predicted octanol–water partition coefficient (Wildman–Crippen LogP) is 2.76. The Morgan fingerprint density at radius 2 is 2.04 bits per heavy atom.